The molecule has 0 unspecified atom stereocenters. The van der Waals surface area contributed by atoms with Crippen molar-refractivity contribution in [2.24, 2.45) is 0 Å². The zero-order chi connectivity index (χ0) is 31.9. The topological polar surface area (TPSA) is 215 Å². The van der Waals surface area contributed by atoms with Gasteiger partial charge in [-0.25, -0.2) is 28.1 Å². The number of anilines is 3. The summed E-state index contributed by atoms with van der Waals surface area (Å²) in [4.78, 5) is 24.6. The molecule has 0 atom stereocenters. The van der Waals surface area contributed by atoms with Crippen LogP contribution in [0.5, 0.6) is 17.2 Å². The summed E-state index contributed by atoms with van der Waals surface area (Å²) in [5.74, 6) is 0.0339. The van der Waals surface area contributed by atoms with Crippen LogP contribution in [0.15, 0.2) is 64.8 Å². The van der Waals surface area contributed by atoms with Gasteiger partial charge in [0, 0.05) is 23.6 Å². The number of ether oxygens (including phenoxy) is 3. The number of nitrogens with zero attached hydrogens (tertiary/aromatic N) is 5. The van der Waals surface area contributed by atoms with Crippen molar-refractivity contribution in [2.75, 3.05) is 42.9 Å². The van der Waals surface area contributed by atoms with Crippen LogP contribution in [0.4, 0.5) is 17.5 Å². The molecule has 224 valence electrons. The number of nitrogen functional groups attached to an aromatic ring is 1. The summed E-state index contributed by atoms with van der Waals surface area (Å²) < 4.78 is 43.7. The maximum atomic E-state index is 12.8. The molecular weight excluding hydrogens is 608 g/mol. The summed E-state index contributed by atoms with van der Waals surface area (Å²) in [5.41, 5.74) is 7.01. The highest BCUT2D eigenvalue weighted by Gasteiger charge is 2.24. The van der Waals surface area contributed by atoms with Crippen LogP contribution in [0.2, 0.25) is 0 Å². The number of rotatable bonds is 11. The summed E-state index contributed by atoms with van der Waals surface area (Å²) in [6.07, 6.45) is 2.80. The first-order valence-corrected chi connectivity index (χ1v) is 14.9. The van der Waals surface area contributed by atoms with Gasteiger partial charge in [-0.1, -0.05) is 11.8 Å². The van der Waals surface area contributed by atoms with E-state index >= 15 is 0 Å². The molecule has 2 aromatic heterocycles. The number of nitrogens with two attached hydrogens (primary N) is 1. The zero-order valence-electron chi connectivity index (χ0n) is 23.5. The second kappa shape index (κ2) is 13.6. The van der Waals surface area contributed by atoms with E-state index in [-0.39, 0.29) is 44.1 Å². The number of thioether (sulfide) groups is 1. The minimum atomic E-state index is -3.95. The number of nitriles is 2. The standard InChI is InChI=1S/C28H24N8O6S2/c1-40-21-11-16(12-22(41-2)25(21)42-3)24-19(13-29)26(31)35-27(20(24)14-30)43-15-23(37)34-17-5-7-18(8-6-17)44(38,39)36-28-32-9-4-10-33-28/h4-12H,15H2,1-3H3,(H2,31,35)(H,34,37)(H,32,33,36). The fraction of sp³-hybridized carbons (Fsp3) is 0.143. The number of carbonyl (C=O) groups excluding carboxylic acids is 1. The van der Waals surface area contributed by atoms with Crippen LogP contribution >= 0.6 is 11.8 Å². The van der Waals surface area contributed by atoms with Crippen LogP contribution in [0.3, 0.4) is 0 Å². The molecule has 44 heavy (non-hydrogen) atoms. The molecule has 0 aliphatic carbocycles. The number of methoxy groups -OCH3 is 3. The molecule has 0 aliphatic rings. The molecule has 16 heteroatoms. The van der Waals surface area contributed by atoms with Crippen molar-refractivity contribution in [3.8, 4) is 40.5 Å². The predicted molar refractivity (Wildman–Crippen MR) is 162 cm³/mol. The van der Waals surface area contributed by atoms with Crippen molar-refractivity contribution in [3.63, 3.8) is 0 Å². The van der Waals surface area contributed by atoms with E-state index in [0.717, 1.165) is 11.8 Å². The van der Waals surface area contributed by atoms with Gasteiger partial charge in [0.15, 0.2) is 11.5 Å². The quantitative estimate of drug-likeness (QED) is 0.202. The number of hydrogen-bond acceptors (Lipinski definition) is 13. The van der Waals surface area contributed by atoms with Crippen molar-refractivity contribution in [3.05, 3.63) is 66.0 Å². The molecule has 2 aromatic carbocycles. The highest BCUT2D eigenvalue weighted by Crippen LogP contribution is 2.44. The summed E-state index contributed by atoms with van der Waals surface area (Å²) in [5, 5.41) is 22.8. The maximum Gasteiger partial charge on any atom is 0.264 e. The number of pyridine rings is 1. The number of benzene rings is 2. The van der Waals surface area contributed by atoms with E-state index in [1.165, 1.54) is 58.0 Å². The number of aromatic nitrogens is 3. The molecular formula is C28H24N8O6S2. The Morgan fingerprint density at radius 1 is 0.977 bits per heavy atom. The fourth-order valence-electron chi connectivity index (χ4n) is 4.00. The number of carbonyl (C=O) groups is 1. The van der Waals surface area contributed by atoms with Gasteiger partial charge >= 0.3 is 0 Å². The van der Waals surface area contributed by atoms with Crippen LogP contribution in [0.25, 0.3) is 11.1 Å². The molecule has 1 amide bonds. The largest absolute Gasteiger partial charge is 0.493 e. The average molecular weight is 633 g/mol. The van der Waals surface area contributed by atoms with Gasteiger partial charge in [-0.15, -0.1) is 0 Å². The SMILES string of the molecule is COc1cc(-c2c(C#N)c(N)nc(SCC(=O)Nc3ccc(S(=O)(=O)Nc4ncccn4)cc3)c2C#N)cc(OC)c1OC. The third-order valence-corrected chi connectivity index (χ3v) is 8.27. The normalized spacial score (nSPS) is 10.7. The van der Waals surface area contributed by atoms with Gasteiger partial charge in [-0.05, 0) is 48.0 Å². The Hall–Kier alpha value is -5.58. The van der Waals surface area contributed by atoms with E-state index in [4.69, 9.17) is 19.9 Å². The van der Waals surface area contributed by atoms with Gasteiger partial charge < -0.3 is 25.3 Å². The summed E-state index contributed by atoms with van der Waals surface area (Å²) >= 11 is 0.935. The fourth-order valence-corrected chi connectivity index (χ4v) is 5.75. The Morgan fingerprint density at radius 2 is 1.59 bits per heavy atom. The van der Waals surface area contributed by atoms with Gasteiger partial charge in [0.1, 0.15) is 28.5 Å². The Labute approximate surface area is 256 Å². The van der Waals surface area contributed by atoms with Crippen molar-refractivity contribution < 1.29 is 27.4 Å². The number of hydrogen-bond donors (Lipinski definition) is 3. The third-order valence-electron chi connectivity index (χ3n) is 5.95. The van der Waals surface area contributed by atoms with E-state index in [1.807, 2.05) is 6.07 Å². The molecule has 14 nitrogen and oxygen atoms in total. The lowest BCUT2D eigenvalue weighted by Crippen LogP contribution is -2.16. The van der Waals surface area contributed by atoms with E-state index in [2.05, 4.69) is 31.1 Å². The highest BCUT2D eigenvalue weighted by atomic mass is 32.2. The first-order valence-electron chi connectivity index (χ1n) is 12.4. The molecule has 0 spiro atoms. The second-order valence-corrected chi connectivity index (χ2v) is 11.3. The van der Waals surface area contributed by atoms with Crippen molar-refractivity contribution >= 4 is 45.1 Å². The van der Waals surface area contributed by atoms with Crippen molar-refractivity contribution in [1.29, 1.82) is 10.5 Å². The molecule has 0 saturated heterocycles. The van der Waals surface area contributed by atoms with Gasteiger partial charge in [-0.2, -0.15) is 10.5 Å². The summed E-state index contributed by atoms with van der Waals surface area (Å²) in [6, 6.07) is 14.2. The number of nitrogens with one attached hydrogen (secondary N) is 2. The number of sulfonamides is 1. The van der Waals surface area contributed by atoms with E-state index in [0.29, 0.717) is 28.5 Å². The van der Waals surface area contributed by atoms with Gasteiger partial charge in [0.25, 0.3) is 10.0 Å². The Kier molecular flexibility index (Phi) is 9.69. The smallest absolute Gasteiger partial charge is 0.264 e. The first kappa shape index (κ1) is 31.4. The molecule has 0 fully saturated rings. The van der Waals surface area contributed by atoms with Crippen LogP contribution in [-0.4, -0.2) is 56.4 Å². The summed E-state index contributed by atoms with van der Waals surface area (Å²) in [7, 11) is 0.358. The van der Waals surface area contributed by atoms with E-state index < -0.39 is 15.9 Å². The van der Waals surface area contributed by atoms with Crippen LogP contribution in [-0.2, 0) is 14.8 Å². The molecule has 0 bridgehead atoms. The van der Waals surface area contributed by atoms with E-state index in [9.17, 15) is 23.7 Å². The zero-order valence-corrected chi connectivity index (χ0v) is 25.1. The molecule has 4 aromatic rings. The molecule has 0 radical (unpaired) electrons. The average Bonchev–Trinajstić information content (AvgIpc) is 3.03. The lowest BCUT2D eigenvalue weighted by molar-refractivity contribution is -0.113. The lowest BCUT2D eigenvalue weighted by atomic mass is 9.96. The van der Waals surface area contributed by atoms with Gasteiger partial charge in [-0.3, -0.25) is 4.79 Å². The van der Waals surface area contributed by atoms with Crippen molar-refractivity contribution in [1.82, 2.24) is 15.0 Å². The maximum absolute atomic E-state index is 12.8. The van der Waals surface area contributed by atoms with E-state index in [1.54, 1.807) is 18.2 Å². The predicted octanol–water partition coefficient (Wildman–Crippen LogP) is 3.42. The van der Waals surface area contributed by atoms with Crippen LogP contribution < -0.4 is 30.0 Å². The minimum Gasteiger partial charge on any atom is -0.493 e. The second-order valence-electron chi connectivity index (χ2n) is 8.60. The highest BCUT2D eigenvalue weighted by molar-refractivity contribution is 8.00. The first-order chi connectivity index (χ1) is 21.1. The monoisotopic (exact) mass is 632 g/mol. The molecule has 4 N–H and O–H groups in total. The minimum absolute atomic E-state index is 0.0206. The molecule has 4 rings (SSSR count). The molecule has 0 aliphatic heterocycles. The molecule has 0 saturated carbocycles. The third kappa shape index (κ3) is 6.73. The summed E-state index contributed by atoms with van der Waals surface area (Å²) in [6.45, 7) is 0. The van der Waals surface area contributed by atoms with Gasteiger partial charge in [0.2, 0.25) is 17.6 Å². The lowest BCUT2D eigenvalue weighted by Gasteiger charge is -2.17. The Balaban J connectivity index is 1.56. The Morgan fingerprint density at radius 3 is 2.14 bits per heavy atom. The van der Waals surface area contributed by atoms with Gasteiger partial charge in [0.05, 0.1) is 37.5 Å². The number of amides is 1. The van der Waals surface area contributed by atoms with Crippen molar-refractivity contribution in [2.45, 2.75) is 9.92 Å². The Bertz CT molecular complexity index is 1870. The van der Waals surface area contributed by atoms with Crippen LogP contribution in [0.1, 0.15) is 11.1 Å². The van der Waals surface area contributed by atoms with Crippen LogP contribution in [0, 0.1) is 22.7 Å². The molecule has 2 heterocycles.